The van der Waals surface area contributed by atoms with Gasteiger partial charge in [-0.05, 0) is 18.2 Å². The summed E-state index contributed by atoms with van der Waals surface area (Å²) < 4.78 is 6.29. The molecule has 2 N–H and O–H groups in total. The van der Waals surface area contributed by atoms with Crippen LogP contribution in [0, 0.1) is 0 Å². The van der Waals surface area contributed by atoms with Crippen LogP contribution in [0.4, 0.5) is 5.69 Å². The van der Waals surface area contributed by atoms with Gasteiger partial charge in [0.15, 0.2) is 6.61 Å². The van der Waals surface area contributed by atoms with Gasteiger partial charge in [-0.15, -0.1) is 12.4 Å². The topological polar surface area (TPSA) is 73.9 Å². The molecule has 0 bridgehead atoms. The van der Waals surface area contributed by atoms with Gasteiger partial charge < -0.3 is 15.4 Å². The first kappa shape index (κ1) is 20.0. The summed E-state index contributed by atoms with van der Waals surface area (Å²) in [6.45, 7) is 5.36. The maximum atomic E-state index is 12.2. The largest absolute Gasteiger partial charge is 0.482 e. The molecule has 0 saturated carbocycles. The first-order valence-corrected chi connectivity index (χ1v) is 8.85. The van der Waals surface area contributed by atoms with Crippen molar-refractivity contribution in [2.75, 3.05) is 57.3 Å². The maximum absolute atomic E-state index is 12.2. The minimum absolute atomic E-state index is 0. The Hall–Kier alpha value is -1.35. The van der Waals surface area contributed by atoms with Gasteiger partial charge in [0.1, 0.15) is 12.3 Å². The molecule has 0 radical (unpaired) electrons. The van der Waals surface area contributed by atoms with Crippen LogP contribution in [-0.4, -0.2) is 69.1 Å². The van der Waals surface area contributed by atoms with Crippen LogP contribution in [0.3, 0.4) is 0 Å². The molecule has 0 aliphatic carbocycles. The summed E-state index contributed by atoms with van der Waals surface area (Å²) in [5.41, 5.74) is 0.631. The van der Waals surface area contributed by atoms with Crippen molar-refractivity contribution in [1.29, 1.82) is 0 Å². The van der Waals surface area contributed by atoms with E-state index in [2.05, 4.69) is 31.5 Å². The average molecular weight is 434 g/mol. The van der Waals surface area contributed by atoms with Gasteiger partial charge in [0, 0.05) is 43.7 Å². The molecule has 7 nitrogen and oxygen atoms in total. The quantitative estimate of drug-likeness (QED) is 0.712. The second kappa shape index (κ2) is 9.38. The summed E-state index contributed by atoms with van der Waals surface area (Å²) in [7, 11) is 0. The van der Waals surface area contributed by atoms with Gasteiger partial charge >= 0.3 is 0 Å². The Bertz CT molecular complexity index is 625. The predicted molar refractivity (Wildman–Crippen MR) is 102 cm³/mol. The highest BCUT2D eigenvalue weighted by Gasteiger charge is 2.27. The molecule has 3 rings (SSSR count). The Labute approximate surface area is 161 Å². The van der Waals surface area contributed by atoms with E-state index in [9.17, 15) is 9.59 Å². The number of hydrogen-bond acceptors (Lipinski definition) is 5. The zero-order valence-corrected chi connectivity index (χ0v) is 16.2. The smallest absolute Gasteiger partial charge is 0.265 e. The summed E-state index contributed by atoms with van der Waals surface area (Å²) in [6.07, 6.45) is 0. The summed E-state index contributed by atoms with van der Waals surface area (Å²) in [6, 6.07) is 5.41. The Morgan fingerprint density at radius 3 is 2.84 bits per heavy atom. The van der Waals surface area contributed by atoms with Crippen molar-refractivity contribution >= 4 is 45.8 Å². The Morgan fingerprint density at radius 2 is 2.08 bits per heavy atom. The number of nitrogens with one attached hydrogen (secondary N) is 2. The highest BCUT2D eigenvalue weighted by molar-refractivity contribution is 9.10. The van der Waals surface area contributed by atoms with E-state index >= 15 is 0 Å². The third kappa shape index (κ3) is 5.31. The molecule has 2 amide bonds. The van der Waals surface area contributed by atoms with E-state index < -0.39 is 0 Å². The zero-order valence-electron chi connectivity index (χ0n) is 13.8. The molecule has 0 aromatic heterocycles. The summed E-state index contributed by atoms with van der Waals surface area (Å²) >= 11 is 3.38. The number of carbonyl (C=O) groups is 2. The monoisotopic (exact) mass is 432 g/mol. The number of amides is 2. The lowest BCUT2D eigenvalue weighted by Crippen LogP contribution is -2.48. The molecule has 2 aliphatic heterocycles. The van der Waals surface area contributed by atoms with Crippen molar-refractivity contribution in [3.63, 3.8) is 0 Å². The van der Waals surface area contributed by atoms with Crippen LogP contribution < -0.4 is 20.3 Å². The number of hydrogen-bond donors (Lipinski definition) is 2. The van der Waals surface area contributed by atoms with Crippen LogP contribution in [-0.2, 0) is 9.59 Å². The highest BCUT2D eigenvalue weighted by Crippen LogP contribution is 2.34. The molecule has 1 saturated heterocycles. The third-order valence-corrected chi connectivity index (χ3v) is 4.62. The van der Waals surface area contributed by atoms with Crippen LogP contribution in [0.5, 0.6) is 5.75 Å². The lowest BCUT2D eigenvalue weighted by atomic mass is 10.2. The van der Waals surface area contributed by atoms with E-state index in [-0.39, 0.29) is 37.4 Å². The summed E-state index contributed by atoms with van der Waals surface area (Å²) in [5.74, 6) is 0.244. The Kier molecular flexibility index (Phi) is 7.49. The number of nitrogens with zero attached hydrogens (tertiary/aromatic N) is 2. The molecule has 138 valence electrons. The third-order valence-electron chi connectivity index (χ3n) is 4.13. The average Bonchev–Trinajstić information content (AvgIpc) is 2.58. The van der Waals surface area contributed by atoms with E-state index in [4.69, 9.17) is 4.74 Å². The van der Waals surface area contributed by atoms with E-state index in [1.807, 2.05) is 6.07 Å². The number of rotatable bonds is 5. The second-order valence-corrected chi connectivity index (χ2v) is 6.74. The molecule has 25 heavy (non-hydrogen) atoms. The van der Waals surface area contributed by atoms with Crippen LogP contribution in [0.1, 0.15) is 0 Å². The SMILES string of the molecule is Cl.O=C(CN1C(=O)COc2cc(Br)ccc21)NCCN1CCNCC1. The molecule has 2 aliphatic rings. The van der Waals surface area contributed by atoms with Gasteiger partial charge in [-0.25, -0.2) is 0 Å². The molecule has 2 heterocycles. The first-order chi connectivity index (χ1) is 11.6. The molecule has 1 fully saturated rings. The van der Waals surface area contributed by atoms with Crippen molar-refractivity contribution in [3.05, 3.63) is 22.7 Å². The number of piperazine rings is 1. The molecule has 0 unspecified atom stereocenters. The number of anilines is 1. The minimum Gasteiger partial charge on any atom is -0.482 e. The van der Waals surface area contributed by atoms with Crippen molar-refractivity contribution in [2.24, 2.45) is 0 Å². The molecule has 1 aromatic rings. The van der Waals surface area contributed by atoms with E-state index in [0.29, 0.717) is 18.0 Å². The fourth-order valence-electron chi connectivity index (χ4n) is 2.84. The standard InChI is InChI=1S/C16H21BrN4O3.ClH/c17-12-1-2-13-14(9-12)24-11-16(23)21(13)10-15(22)19-5-8-20-6-3-18-4-7-20;/h1-2,9,18H,3-8,10-11H2,(H,19,22);1H. The van der Waals surface area contributed by atoms with Crippen LogP contribution in [0.15, 0.2) is 22.7 Å². The summed E-state index contributed by atoms with van der Waals surface area (Å²) in [5, 5.41) is 6.19. The van der Waals surface area contributed by atoms with Crippen molar-refractivity contribution < 1.29 is 14.3 Å². The number of fused-ring (bicyclic) bond motifs is 1. The van der Waals surface area contributed by atoms with Gasteiger partial charge in [0.2, 0.25) is 5.91 Å². The van der Waals surface area contributed by atoms with Gasteiger partial charge in [0.05, 0.1) is 5.69 Å². The Balaban J connectivity index is 0.00000225. The van der Waals surface area contributed by atoms with E-state index in [1.54, 1.807) is 12.1 Å². The lowest BCUT2D eigenvalue weighted by molar-refractivity contribution is -0.125. The molecule has 0 atom stereocenters. The van der Waals surface area contributed by atoms with Gasteiger partial charge in [-0.1, -0.05) is 15.9 Å². The van der Waals surface area contributed by atoms with Crippen LogP contribution >= 0.6 is 28.3 Å². The number of halogens is 2. The second-order valence-electron chi connectivity index (χ2n) is 5.82. The van der Waals surface area contributed by atoms with Crippen molar-refractivity contribution in [1.82, 2.24) is 15.5 Å². The fourth-order valence-corrected chi connectivity index (χ4v) is 3.18. The lowest BCUT2D eigenvalue weighted by Gasteiger charge is -2.29. The molecule has 9 heteroatoms. The zero-order chi connectivity index (χ0) is 16.9. The first-order valence-electron chi connectivity index (χ1n) is 8.06. The van der Waals surface area contributed by atoms with Crippen LogP contribution in [0.25, 0.3) is 0 Å². The van der Waals surface area contributed by atoms with Gasteiger partial charge in [-0.2, -0.15) is 0 Å². The van der Waals surface area contributed by atoms with Gasteiger partial charge in [-0.3, -0.25) is 19.4 Å². The molecule has 1 aromatic carbocycles. The predicted octanol–water partition coefficient (Wildman–Crippen LogP) is 0.618. The van der Waals surface area contributed by atoms with Gasteiger partial charge in [0.25, 0.3) is 5.91 Å². The Morgan fingerprint density at radius 1 is 1.32 bits per heavy atom. The highest BCUT2D eigenvalue weighted by atomic mass is 79.9. The number of benzene rings is 1. The van der Waals surface area contributed by atoms with Crippen LogP contribution in [0.2, 0.25) is 0 Å². The summed E-state index contributed by atoms with van der Waals surface area (Å²) in [4.78, 5) is 28.1. The molecule has 0 spiro atoms. The normalized spacial score (nSPS) is 17.3. The number of carbonyl (C=O) groups excluding carboxylic acids is 2. The van der Waals surface area contributed by atoms with Crippen molar-refractivity contribution in [3.8, 4) is 5.75 Å². The fraction of sp³-hybridized carbons (Fsp3) is 0.500. The van der Waals surface area contributed by atoms with E-state index in [1.165, 1.54) is 4.90 Å². The van der Waals surface area contributed by atoms with Crippen molar-refractivity contribution in [2.45, 2.75) is 0 Å². The molecular formula is C16H22BrClN4O3. The minimum atomic E-state index is -0.206. The maximum Gasteiger partial charge on any atom is 0.265 e. The van der Waals surface area contributed by atoms with E-state index in [0.717, 1.165) is 37.2 Å². The molecular weight excluding hydrogens is 412 g/mol. The number of ether oxygens (including phenoxy) is 1.